The van der Waals surface area contributed by atoms with Crippen molar-refractivity contribution in [3.8, 4) is 0 Å². The van der Waals surface area contributed by atoms with Crippen molar-refractivity contribution in [1.82, 2.24) is 4.72 Å². The van der Waals surface area contributed by atoms with Crippen molar-refractivity contribution < 1.29 is 13.5 Å². The third-order valence-corrected chi connectivity index (χ3v) is 4.29. The van der Waals surface area contributed by atoms with Crippen molar-refractivity contribution in [3.63, 3.8) is 0 Å². The van der Waals surface area contributed by atoms with Crippen LogP contribution in [0.15, 0.2) is 29.2 Å². The molecule has 1 aliphatic rings. The Morgan fingerprint density at radius 3 is 2.65 bits per heavy atom. The Bertz CT molecular complexity index is 495. The third kappa shape index (κ3) is 2.43. The lowest BCUT2D eigenvalue weighted by Crippen LogP contribution is -2.51. The highest BCUT2D eigenvalue weighted by atomic mass is 32.2. The van der Waals surface area contributed by atoms with E-state index in [4.69, 9.17) is 0 Å². The summed E-state index contributed by atoms with van der Waals surface area (Å²) in [4.78, 5) is 2.13. The number of anilines is 1. The largest absolute Gasteiger partial charge is 0.389 e. The molecule has 0 radical (unpaired) electrons. The molecule has 0 atom stereocenters. The molecule has 1 heterocycles. The highest BCUT2D eigenvalue weighted by Gasteiger charge is 2.29. The van der Waals surface area contributed by atoms with Crippen LogP contribution in [0, 0.1) is 0 Å². The van der Waals surface area contributed by atoms with E-state index >= 15 is 0 Å². The van der Waals surface area contributed by atoms with E-state index in [9.17, 15) is 13.5 Å². The van der Waals surface area contributed by atoms with Crippen LogP contribution in [0.25, 0.3) is 0 Å². The molecule has 0 spiro atoms. The molecule has 17 heavy (non-hydrogen) atoms. The predicted molar refractivity (Wildman–Crippen MR) is 65.5 cm³/mol. The maximum Gasteiger partial charge on any atom is 0.242 e. The molecule has 2 rings (SSSR count). The number of rotatable bonds is 4. The van der Waals surface area contributed by atoms with E-state index in [1.54, 1.807) is 31.2 Å². The van der Waals surface area contributed by atoms with Crippen LogP contribution in [0.1, 0.15) is 6.92 Å². The molecule has 6 heteroatoms. The van der Waals surface area contributed by atoms with Gasteiger partial charge in [0.15, 0.2) is 0 Å². The SMILES string of the molecule is CCNS(=O)(=O)c1ccccc1N1CC(O)C1. The van der Waals surface area contributed by atoms with Gasteiger partial charge >= 0.3 is 0 Å². The minimum absolute atomic E-state index is 0.272. The minimum atomic E-state index is -3.45. The maximum absolute atomic E-state index is 12.0. The quantitative estimate of drug-likeness (QED) is 0.805. The molecular weight excluding hydrogens is 240 g/mol. The average Bonchev–Trinajstić information content (AvgIpc) is 2.25. The van der Waals surface area contributed by atoms with Crippen molar-refractivity contribution in [1.29, 1.82) is 0 Å². The molecule has 0 bridgehead atoms. The summed E-state index contributed by atoms with van der Waals surface area (Å²) in [7, 11) is -3.45. The van der Waals surface area contributed by atoms with Crippen LogP contribution in [-0.2, 0) is 10.0 Å². The number of benzene rings is 1. The molecule has 0 unspecified atom stereocenters. The van der Waals surface area contributed by atoms with E-state index in [1.807, 2.05) is 4.90 Å². The van der Waals surface area contributed by atoms with Crippen LogP contribution in [0.4, 0.5) is 5.69 Å². The number of nitrogens with zero attached hydrogens (tertiary/aromatic N) is 1. The second kappa shape index (κ2) is 4.64. The van der Waals surface area contributed by atoms with Gasteiger partial charge in [-0.2, -0.15) is 0 Å². The first-order valence-electron chi connectivity index (χ1n) is 5.56. The van der Waals surface area contributed by atoms with Gasteiger partial charge < -0.3 is 10.0 Å². The molecule has 1 fully saturated rings. The van der Waals surface area contributed by atoms with E-state index in [-0.39, 0.29) is 11.0 Å². The van der Waals surface area contributed by atoms with Crippen molar-refractivity contribution in [3.05, 3.63) is 24.3 Å². The zero-order valence-corrected chi connectivity index (χ0v) is 10.4. The van der Waals surface area contributed by atoms with E-state index in [0.29, 0.717) is 25.3 Å². The maximum atomic E-state index is 12.0. The first-order valence-corrected chi connectivity index (χ1v) is 7.04. The van der Waals surface area contributed by atoms with Crippen LogP contribution in [0.3, 0.4) is 0 Å². The Kier molecular flexibility index (Phi) is 3.37. The van der Waals surface area contributed by atoms with Gasteiger partial charge in [-0.3, -0.25) is 0 Å². The first kappa shape index (κ1) is 12.3. The van der Waals surface area contributed by atoms with Crippen LogP contribution < -0.4 is 9.62 Å². The molecular formula is C11H16N2O3S. The highest BCUT2D eigenvalue weighted by Crippen LogP contribution is 2.28. The zero-order chi connectivity index (χ0) is 12.5. The molecule has 1 saturated heterocycles. The van der Waals surface area contributed by atoms with Crippen molar-refractivity contribution in [2.24, 2.45) is 0 Å². The topological polar surface area (TPSA) is 69.6 Å². The Morgan fingerprint density at radius 2 is 2.06 bits per heavy atom. The highest BCUT2D eigenvalue weighted by molar-refractivity contribution is 7.89. The number of hydrogen-bond donors (Lipinski definition) is 2. The van der Waals surface area contributed by atoms with Gasteiger partial charge in [0.1, 0.15) is 4.90 Å². The number of hydrogen-bond acceptors (Lipinski definition) is 4. The number of para-hydroxylation sites is 1. The zero-order valence-electron chi connectivity index (χ0n) is 9.63. The smallest absolute Gasteiger partial charge is 0.242 e. The predicted octanol–water partition coefficient (Wildman–Crippen LogP) is 0.166. The molecule has 1 aromatic carbocycles. The van der Waals surface area contributed by atoms with Crippen molar-refractivity contribution in [2.75, 3.05) is 24.5 Å². The summed E-state index contributed by atoms with van der Waals surface area (Å²) in [6.45, 7) is 3.07. The van der Waals surface area contributed by atoms with Crippen LogP contribution in [0.2, 0.25) is 0 Å². The monoisotopic (exact) mass is 256 g/mol. The minimum Gasteiger partial charge on any atom is -0.389 e. The van der Waals surface area contributed by atoms with E-state index in [1.165, 1.54) is 0 Å². The molecule has 2 N–H and O–H groups in total. The number of aliphatic hydroxyl groups is 1. The molecule has 0 aromatic heterocycles. The fourth-order valence-corrected chi connectivity index (χ4v) is 3.13. The van der Waals surface area contributed by atoms with Crippen LogP contribution >= 0.6 is 0 Å². The van der Waals surface area contributed by atoms with Crippen LogP contribution in [0.5, 0.6) is 0 Å². The van der Waals surface area contributed by atoms with Gasteiger partial charge in [-0.1, -0.05) is 19.1 Å². The van der Waals surface area contributed by atoms with E-state index < -0.39 is 10.0 Å². The fraction of sp³-hybridized carbons (Fsp3) is 0.455. The molecule has 0 saturated carbocycles. The summed E-state index contributed by atoms with van der Waals surface area (Å²) < 4.78 is 26.4. The lowest BCUT2D eigenvalue weighted by Gasteiger charge is -2.38. The van der Waals surface area contributed by atoms with Gasteiger partial charge in [-0.15, -0.1) is 0 Å². The summed E-state index contributed by atoms with van der Waals surface area (Å²) in [5.41, 5.74) is 0.652. The second-order valence-electron chi connectivity index (χ2n) is 4.03. The molecule has 0 amide bonds. The van der Waals surface area contributed by atoms with Crippen molar-refractivity contribution in [2.45, 2.75) is 17.9 Å². The number of aliphatic hydroxyl groups excluding tert-OH is 1. The summed E-state index contributed by atoms with van der Waals surface area (Å²) in [5.74, 6) is 0. The standard InChI is InChI=1S/C11H16N2O3S/c1-2-12-17(15,16)11-6-4-3-5-10(11)13-7-9(14)8-13/h3-6,9,12,14H,2,7-8H2,1H3. The third-order valence-electron chi connectivity index (χ3n) is 2.69. The molecule has 1 aromatic rings. The van der Waals surface area contributed by atoms with Gasteiger partial charge in [0, 0.05) is 19.6 Å². The Morgan fingerprint density at radius 1 is 1.41 bits per heavy atom. The molecule has 1 aliphatic heterocycles. The van der Waals surface area contributed by atoms with Crippen LogP contribution in [-0.4, -0.2) is 39.3 Å². The van der Waals surface area contributed by atoms with Gasteiger partial charge in [0.2, 0.25) is 10.0 Å². The molecule has 94 valence electrons. The summed E-state index contributed by atoms with van der Waals surface area (Å²) >= 11 is 0. The Balaban J connectivity index is 2.34. The van der Waals surface area contributed by atoms with E-state index in [2.05, 4.69) is 4.72 Å². The van der Waals surface area contributed by atoms with Gasteiger partial charge in [-0.25, -0.2) is 13.1 Å². The lowest BCUT2D eigenvalue weighted by molar-refractivity contribution is 0.141. The number of β-amino-alcohol motifs (C(OH)–C–C–N with tert-alkyl or cyclic N) is 1. The number of sulfonamides is 1. The molecule has 0 aliphatic carbocycles. The Labute approximate surface area is 101 Å². The summed E-state index contributed by atoms with van der Waals surface area (Å²) in [6.07, 6.45) is -0.357. The van der Waals surface area contributed by atoms with E-state index in [0.717, 1.165) is 0 Å². The fourth-order valence-electron chi connectivity index (χ4n) is 1.87. The lowest BCUT2D eigenvalue weighted by atomic mass is 10.1. The van der Waals surface area contributed by atoms with Gasteiger partial charge in [0.25, 0.3) is 0 Å². The molecule has 5 nitrogen and oxygen atoms in total. The van der Waals surface area contributed by atoms with Gasteiger partial charge in [-0.05, 0) is 12.1 Å². The summed E-state index contributed by atoms with van der Waals surface area (Å²) in [6, 6.07) is 6.84. The van der Waals surface area contributed by atoms with Crippen molar-refractivity contribution >= 4 is 15.7 Å². The number of nitrogens with one attached hydrogen (secondary N) is 1. The Hall–Kier alpha value is -1.11. The normalized spacial score (nSPS) is 16.9. The first-order chi connectivity index (χ1) is 8.04. The summed E-state index contributed by atoms with van der Waals surface area (Å²) in [5, 5.41) is 9.27. The second-order valence-corrected chi connectivity index (χ2v) is 5.76. The average molecular weight is 256 g/mol. The van der Waals surface area contributed by atoms with Gasteiger partial charge in [0.05, 0.1) is 11.8 Å².